The van der Waals surface area contributed by atoms with E-state index in [1.165, 1.54) is 18.4 Å². The number of nitrogens with one attached hydrogen (secondary N) is 1. The lowest BCUT2D eigenvalue weighted by molar-refractivity contribution is 0.0949. The van der Waals surface area contributed by atoms with Crippen LogP contribution in [0, 0.1) is 5.92 Å². The Labute approximate surface area is 127 Å². The number of carbonyl (C=O) groups excluding carboxylic acids is 1. The maximum atomic E-state index is 12.2. The van der Waals surface area contributed by atoms with Crippen LogP contribution >= 0.6 is 23.1 Å². The number of hydrogen-bond donors (Lipinski definition) is 1. The van der Waals surface area contributed by atoms with Crippen molar-refractivity contribution in [1.82, 2.24) is 5.32 Å². The molecule has 1 amide bonds. The monoisotopic (exact) mass is 303 g/mol. The molecule has 1 aromatic heterocycles. The van der Waals surface area contributed by atoms with Gasteiger partial charge in [-0.2, -0.15) is 11.3 Å². The topological polar surface area (TPSA) is 29.1 Å². The second-order valence-corrected chi connectivity index (χ2v) is 6.87. The first-order chi connectivity index (χ1) is 9.83. The third-order valence-electron chi connectivity index (χ3n) is 3.35. The zero-order valence-corrected chi connectivity index (χ0v) is 12.8. The van der Waals surface area contributed by atoms with Gasteiger partial charge in [0, 0.05) is 17.2 Å². The molecule has 1 N–H and O–H groups in total. The molecule has 1 heterocycles. The average molecular weight is 303 g/mol. The highest BCUT2D eigenvalue weighted by Crippen LogP contribution is 2.29. The maximum absolute atomic E-state index is 12.2. The Kier molecular flexibility index (Phi) is 4.43. The fourth-order valence-electron chi connectivity index (χ4n) is 1.97. The number of rotatable bonds is 6. The van der Waals surface area contributed by atoms with Crippen molar-refractivity contribution in [1.29, 1.82) is 0 Å². The van der Waals surface area contributed by atoms with Crippen molar-refractivity contribution in [3.05, 3.63) is 52.2 Å². The minimum Gasteiger partial charge on any atom is -0.352 e. The Balaban J connectivity index is 1.65. The van der Waals surface area contributed by atoms with Gasteiger partial charge in [0.05, 0.1) is 5.56 Å². The van der Waals surface area contributed by atoms with Crippen LogP contribution in [0.2, 0.25) is 0 Å². The zero-order chi connectivity index (χ0) is 13.8. The molecule has 0 atom stereocenters. The summed E-state index contributed by atoms with van der Waals surface area (Å²) in [6.07, 6.45) is 2.52. The first-order valence-electron chi connectivity index (χ1n) is 6.84. The third-order valence-corrected chi connectivity index (χ3v) is 5.23. The summed E-state index contributed by atoms with van der Waals surface area (Å²) in [6, 6.07) is 10.0. The summed E-state index contributed by atoms with van der Waals surface area (Å²) >= 11 is 3.44. The van der Waals surface area contributed by atoms with E-state index in [9.17, 15) is 4.79 Å². The number of thioether (sulfide) groups is 1. The second-order valence-electron chi connectivity index (χ2n) is 5.07. The van der Waals surface area contributed by atoms with Crippen LogP contribution in [0.1, 0.15) is 28.8 Å². The Bertz CT molecular complexity index is 576. The number of hydrogen-bond acceptors (Lipinski definition) is 3. The van der Waals surface area contributed by atoms with Crippen LogP contribution in [0.3, 0.4) is 0 Å². The van der Waals surface area contributed by atoms with Gasteiger partial charge in [0.2, 0.25) is 0 Å². The third kappa shape index (κ3) is 3.64. The van der Waals surface area contributed by atoms with E-state index in [0.29, 0.717) is 5.92 Å². The van der Waals surface area contributed by atoms with Crippen LogP contribution in [0.5, 0.6) is 0 Å². The lowest BCUT2D eigenvalue weighted by atomic mass is 10.2. The van der Waals surface area contributed by atoms with Crippen molar-refractivity contribution < 1.29 is 4.79 Å². The Morgan fingerprint density at radius 1 is 1.30 bits per heavy atom. The Morgan fingerprint density at radius 2 is 2.15 bits per heavy atom. The summed E-state index contributed by atoms with van der Waals surface area (Å²) in [6.45, 7) is 0.822. The summed E-state index contributed by atoms with van der Waals surface area (Å²) < 4.78 is 0. The summed E-state index contributed by atoms with van der Waals surface area (Å²) in [4.78, 5) is 13.3. The summed E-state index contributed by atoms with van der Waals surface area (Å²) in [5.74, 6) is 1.69. The molecule has 0 radical (unpaired) electrons. The quantitative estimate of drug-likeness (QED) is 0.811. The standard InChI is InChI=1S/C16H17NOS2/c18-16(17-9-12-5-6-12)14-3-1-2-4-15(14)20-11-13-7-8-19-10-13/h1-4,7-8,10,12H,5-6,9,11H2,(H,17,18). The highest BCUT2D eigenvalue weighted by atomic mass is 32.2. The van der Waals surface area contributed by atoms with E-state index in [2.05, 4.69) is 22.1 Å². The van der Waals surface area contributed by atoms with Crippen molar-refractivity contribution in [2.75, 3.05) is 6.54 Å². The van der Waals surface area contributed by atoms with Gasteiger partial charge in [-0.15, -0.1) is 11.8 Å². The summed E-state index contributed by atoms with van der Waals surface area (Å²) in [5, 5.41) is 7.29. The molecule has 3 rings (SSSR count). The number of carbonyl (C=O) groups is 1. The highest BCUT2D eigenvalue weighted by Gasteiger charge is 2.22. The van der Waals surface area contributed by atoms with Gasteiger partial charge in [-0.3, -0.25) is 4.79 Å². The number of benzene rings is 1. The van der Waals surface area contributed by atoms with Crippen LogP contribution in [0.15, 0.2) is 46.0 Å². The largest absolute Gasteiger partial charge is 0.352 e. The second kappa shape index (κ2) is 6.46. The van der Waals surface area contributed by atoms with Gasteiger partial charge >= 0.3 is 0 Å². The lowest BCUT2D eigenvalue weighted by Gasteiger charge is -2.09. The molecule has 1 aromatic carbocycles. The molecule has 2 nitrogen and oxygen atoms in total. The molecule has 1 aliphatic carbocycles. The fourth-order valence-corrected chi connectivity index (χ4v) is 3.74. The molecule has 104 valence electrons. The first kappa shape index (κ1) is 13.7. The van der Waals surface area contributed by atoms with Gasteiger partial charge in [-0.05, 0) is 53.3 Å². The molecule has 0 unspecified atom stereocenters. The van der Waals surface area contributed by atoms with E-state index in [-0.39, 0.29) is 5.91 Å². The highest BCUT2D eigenvalue weighted by molar-refractivity contribution is 7.98. The predicted octanol–water partition coefficient (Wildman–Crippen LogP) is 4.18. The van der Waals surface area contributed by atoms with E-state index in [0.717, 1.165) is 22.8 Å². The Hall–Kier alpha value is -1.26. The SMILES string of the molecule is O=C(NCC1CC1)c1ccccc1SCc1ccsc1. The molecule has 0 bridgehead atoms. The molecular weight excluding hydrogens is 286 g/mol. The van der Waals surface area contributed by atoms with Gasteiger partial charge in [-0.25, -0.2) is 0 Å². The van der Waals surface area contributed by atoms with E-state index < -0.39 is 0 Å². The smallest absolute Gasteiger partial charge is 0.252 e. The molecule has 4 heteroatoms. The van der Waals surface area contributed by atoms with Crippen LogP contribution in [0.4, 0.5) is 0 Å². The zero-order valence-electron chi connectivity index (χ0n) is 11.2. The van der Waals surface area contributed by atoms with Crippen LogP contribution in [-0.2, 0) is 5.75 Å². The van der Waals surface area contributed by atoms with Crippen LogP contribution in [-0.4, -0.2) is 12.5 Å². The van der Waals surface area contributed by atoms with Crippen LogP contribution < -0.4 is 5.32 Å². The molecule has 2 aromatic rings. The fraction of sp³-hybridized carbons (Fsp3) is 0.312. The van der Waals surface area contributed by atoms with Crippen molar-refractivity contribution in [3.8, 4) is 0 Å². The number of amides is 1. The average Bonchev–Trinajstić information content (AvgIpc) is 3.17. The predicted molar refractivity (Wildman–Crippen MR) is 85.4 cm³/mol. The van der Waals surface area contributed by atoms with Gasteiger partial charge in [0.15, 0.2) is 0 Å². The molecule has 1 saturated carbocycles. The van der Waals surface area contributed by atoms with Crippen LogP contribution in [0.25, 0.3) is 0 Å². The molecule has 1 fully saturated rings. The molecule has 0 spiro atoms. The maximum Gasteiger partial charge on any atom is 0.252 e. The van der Waals surface area contributed by atoms with Gasteiger partial charge in [0.25, 0.3) is 5.91 Å². The summed E-state index contributed by atoms with van der Waals surface area (Å²) in [5.41, 5.74) is 2.11. The van der Waals surface area contributed by atoms with Crippen molar-refractivity contribution >= 4 is 29.0 Å². The van der Waals surface area contributed by atoms with E-state index in [4.69, 9.17) is 0 Å². The number of thiophene rings is 1. The van der Waals surface area contributed by atoms with Crippen molar-refractivity contribution in [2.45, 2.75) is 23.5 Å². The van der Waals surface area contributed by atoms with Gasteiger partial charge in [0.1, 0.15) is 0 Å². The first-order valence-corrected chi connectivity index (χ1v) is 8.77. The van der Waals surface area contributed by atoms with Gasteiger partial charge < -0.3 is 5.32 Å². The van der Waals surface area contributed by atoms with Crippen molar-refractivity contribution in [2.24, 2.45) is 5.92 Å². The minimum absolute atomic E-state index is 0.0605. The van der Waals surface area contributed by atoms with E-state index in [1.807, 2.05) is 24.3 Å². The molecule has 20 heavy (non-hydrogen) atoms. The van der Waals surface area contributed by atoms with E-state index >= 15 is 0 Å². The molecule has 1 aliphatic rings. The van der Waals surface area contributed by atoms with E-state index in [1.54, 1.807) is 23.1 Å². The lowest BCUT2D eigenvalue weighted by Crippen LogP contribution is -2.25. The summed E-state index contributed by atoms with van der Waals surface area (Å²) in [7, 11) is 0. The molecular formula is C16H17NOS2. The van der Waals surface area contributed by atoms with Crippen molar-refractivity contribution in [3.63, 3.8) is 0 Å². The molecule has 0 saturated heterocycles. The molecule has 0 aliphatic heterocycles. The van der Waals surface area contributed by atoms with Gasteiger partial charge in [-0.1, -0.05) is 12.1 Å². The minimum atomic E-state index is 0.0605. The Morgan fingerprint density at radius 3 is 2.90 bits per heavy atom. The normalized spacial score (nSPS) is 14.2.